The van der Waals surface area contributed by atoms with Crippen molar-refractivity contribution in [2.75, 3.05) is 0 Å². The topological polar surface area (TPSA) is 20.2 Å². The second kappa shape index (κ2) is 8.46. The lowest BCUT2D eigenvalue weighted by molar-refractivity contribution is 0.0406. The zero-order valence-corrected chi connectivity index (χ0v) is 12.9. The summed E-state index contributed by atoms with van der Waals surface area (Å²) in [5.41, 5.74) is 1.44. The minimum atomic E-state index is -0.0279. The first-order valence-corrected chi connectivity index (χ1v) is 8.51. The number of unbranched alkanes of at least 4 members (excludes halogenated alkanes) is 1. The van der Waals surface area contributed by atoms with Gasteiger partial charge < -0.3 is 5.11 Å². The van der Waals surface area contributed by atoms with Gasteiger partial charge in [0.2, 0.25) is 0 Å². The normalized spacial score (nSPS) is 26.6. The predicted octanol–water partition coefficient (Wildman–Crippen LogP) is 4.98. The van der Waals surface area contributed by atoms with E-state index in [4.69, 9.17) is 0 Å². The van der Waals surface area contributed by atoms with Crippen molar-refractivity contribution in [3.63, 3.8) is 0 Å². The SMILES string of the molecule is CCCC1CCC(O)C(CCCCc2ccccc2)C1. The molecule has 1 aliphatic rings. The highest BCUT2D eigenvalue weighted by molar-refractivity contribution is 5.14. The highest BCUT2D eigenvalue weighted by atomic mass is 16.3. The Balaban J connectivity index is 1.67. The minimum absolute atomic E-state index is 0.0279. The first-order valence-electron chi connectivity index (χ1n) is 8.51. The van der Waals surface area contributed by atoms with E-state index in [1.807, 2.05) is 0 Å². The molecule has 1 aliphatic carbocycles. The third kappa shape index (κ3) is 4.94. The molecule has 0 amide bonds. The van der Waals surface area contributed by atoms with E-state index in [1.54, 1.807) is 0 Å². The van der Waals surface area contributed by atoms with Gasteiger partial charge in [-0.2, -0.15) is 0 Å². The summed E-state index contributed by atoms with van der Waals surface area (Å²) in [7, 11) is 0. The van der Waals surface area contributed by atoms with Crippen molar-refractivity contribution in [1.29, 1.82) is 0 Å². The largest absolute Gasteiger partial charge is 0.393 e. The molecule has 0 bridgehead atoms. The van der Waals surface area contributed by atoms with Crippen LogP contribution in [-0.4, -0.2) is 11.2 Å². The van der Waals surface area contributed by atoms with Crippen LogP contribution >= 0.6 is 0 Å². The predicted molar refractivity (Wildman–Crippen MR) is 85.7 cm³/mol. The van der Waals surface area contributed by atoms with Crippen LogP contribution in [0.4, 0.5) is 0 Å². The summed E-state index contributed by atoms with van der Waals surface area (Å²) in [6.45, 7) is 2.28. The third-order valence-electron chi connectivity index (χ3n) is 4.88. The molecular weight excluding hydrogens is 244 g/mol. The molecule has 3 atom stereocenters. The van der Waals surface area contributed by atoms with Gasteiger partial charge in [0.15, 0.2) is 0 Å². The van der Waals surface area contributed by atoms with Crippen LogP contribution in [-0.2, 0) is 6.42 Å². The van der Waals surface area contributed by atoms with Crippen molar-refractivity contribution >= 4 is 0 Å². The van der Waals surface area contributed by atoms with Crippen LogP contribution in [0.2, 0.25) is 0 Å². The summed E-state index contributed by atoms with van der Waals surface area (Å²) in [4.78, 5) is 0. The molecule has 112 valence electrons. The monoisotopic (exact) mass is 274 g/mol. The lowest BCUT2D eigenvalue weighted by atomic mass is 9.75. The van der Waals surface area contributed by atoms with Crippen molar-refractivity contribution in [3.05, 3.63) is 35.9 Å². The number of aliphatic hydroxyl groups excluding tert-OH is 1. The van der Waals surface area contributed by atoms with E-state index in [9.17, 15) is 5.11 Å². The average Bonchev–Trinajstić information content (AvgIpc) is 2.48. The maximum atomic E-state index is 10.2. The molecule has 3 unspecified atom stereocenters. The fraction of sp³-hybridized carbons (Fsp3) is 0.684. The summed E-state index contributed by atoms with van der Waals surface area (Å²) < 4.78 is 0. The van der Waals surface area contributed by atoms with Crippen molar-refractivity contribution < 1.29 is 5.11 Å². The molecule has 0 saturated heterocycles. The molecule has 1 heteroatoms. The second-order valence-corrected chi connectivity index (χ2v) is 6.53. The summed E-state index contributed by atoms with van der Waals surface area (Å²) in [5.74, 6) is 1.44. The van der Waals surface area contributed by atoms with Gasteiger partial charge in [0.25, 0.3) is 0 Å². The molecule has 0 heterocycles. The maximum absolute atomic E-state index is 10.2. The lowest BCUT2D eigenvalue weighted by Gasteiger charge is -2.33. The Morgan fingerprint density at radius 1 is 1.05 bits per heavy atom. The number of aliphatic hydroxyl groups is 1. The van der Waals surface area contributed by atoms with Gasteiger partial charge in [-0.25, -0.2) is 0 Å². The second-order valence-electron chi connectivity index (χ2n) is 6.53. The van der Waals surface area contributed by atoms with Crippen LogP contribution in [0.5, 0.6) is 0 Å². The number of hydrogen-bond donors (Lipinski definition) is 1. The van der Waals surface area contributed by atoms with E-state index in [0.29, 0.717) is 5.92 Å². The van der Waals surface area contributed by atoms with Crippen LogP contribution in [0, 0.1) is 11.8 Å². The maximum Gasteiger partial charge on any atom is 0.0568 e. The molecule has 1 nitrogen and oxygen atoms in total. The zero-order chi connectivity index (χ0) is 14.2. The van der Waals surface area contributed by atoms with Crippen LogP contribution in [0.15, 0.2) is 30.3 Å². The minimum Gasteiger partial charge on any atom is -0.393 e. The van der Waals surface area contributed by atoms with Crippen molar-refractivity contribution in [2.45, 2.75) is 70.8 Å². The zero-order valence-electron chi connectivity index (χ0n) is 12.9. The van der Waals surface area contributed by atoms with Crippen molar-refractivity contribution in [3.8, 4) is 0 Å². The van der Waals surface area contributed by atoms with E-state index in [1.165, 1.54) is 56.9 Å². The Labute approximate surface area is 124 Å². The van der Waals surface area contributed by atoms with E-state index >= 15 is 0 Å². The fourth-order valence-corrected chi connectivity index (χ4v) is 3.71. The van der Waals surface area contributed by atoms with Gasteiger partial charge in [0.1, 0.15) is 0 Å². The highest BCUT2D eigenvalue weighted by Gasteiger charge is 2.27. The molecular formula is C19H30O. The van der Waals surface area contributed by atoms with Crippen molar-refractivity contribution in [1.82, 2.24) is 0 Å². The van der Waals surface area contributed by atoms with Crippen LogP contribution in [0.25, 0.3) is 0 Å². The molecule has 1 aromatic rings. The third-order valence-corrected chi connectivity index (χ3v) is 4.88. The van der Waals surface area contributed by atoms with Crippen molar-refractivity contribution in [2.24, 2.45) is 11.8 Å². The smallest absolute Gasteiger partial charge is 0.0568 e. The number of rotatable bonds is 7. The molecule has 1 fully saturated rings. The number of hydrogen-bond acceptors (Lipinski definition) is 1. The Bertz CT molecular complexity index is 359. The first-order chi connectivity index (χ1) is 9.79. The van der Waals surface area contributed by atoms with Gasteiger partial charge >= 0.3 is 0 Å². The van der Waals surface area contributed by atoms with Crippen LogP contribution in [0.1, 0.15) is 63.9 Å². The molecule has 1 saturated carbocycles. The van der Waals surface area contributed by atoms with Gasteiger partial charge in [-0.1, -0.05) is 56.5 Å². The van der Waals surface area contributed by atoms with E-state index < -0.39 is 0 Å². The van der Waals surface area contributed by atoms with Gasteiger partial charge in [-0.15, -0.1) is 0 Å². The molecule has 1 N–H and O–H groups in total. The van der Waals surface area contributed by atoms with Gasteiger partial charge in [-0.05, 0) is 55.9 Å². The summed E-state index contributed by atoms with van der Waals surface area (Å²) in [6.07, 6.45) is 11.1. The van der Waals surface area contributed by atoms with Crippen LogP contribution in [0.3, 0.4) is 0 Å². The molecule has 0 radical (unpaired) electrons. The lowest BCUT2D eigenvalue weighted by Crippen LogP contribution is -2.29. The first kappa shape index (κ1) is 15.6. The van der Waals surface area contributed by atoms with E-state index in [-0.39, 0.29) is 6.10 Å². The summed E-state index contributed by atoms with van der Waals surface area (Å²) in [5, 5.41) is 10.2. The van der Waals surface area contributed by atoms with E-state index in [2.05, 4.69) is 37.3 Å². The van der Waals surface area contributed by atoms with Crippen LogP contribution < -0.4 is 0 Å². The quantitative estimate of drug-likeness (QED) is 0.695. The molecule has 0 aliphatic heterocycles. The summed E-state index contributed by atoms with van der Waals surface area (Å²) in [6, 6.07) is 10.8. The Morgan fingerprint density at radius 3 is 2.60 bits per heavy atom. The number of aryl methyl sites for hydroxylation is 1. The van der Waals surface area contributed by atoms with Gasteiger partial charge in [-0.3, -0.25) is 0 Å². The highest BCUT2D eigenvalue weighted by Crippen LogP contribution is 2.34. The molecule has 1 aromatic carbocycles. The Kier molecular flexibility index (Phi) is 6.59. The van der Waals surface area contributed by atoms with E-state index in [0.717, 1.165) is 12.3 Å². The number of benzene rings is 1. The Morgan fingerprint density at radius 2 is 1.85 bits per heavy atom. The Hall–Kier alpha value is -0.820. The fourth-order valence-electron chi connectivity index (χ4n) is 3.71. The molecule has 2 rings (SSSR count). The standard InChI is InChI=1S/C19H30O/c1-2-8-17-13-14-19(20)18(15-17)12-7-6-11-16-9-4-3-5-10-16/h3-5,9-10,17-20H,2,6-8,11-15H2,1H3. The molecule has 0 aromatic heterocycles. The molecule has 20 heavy (non-hydrogen) atoms. The average molecular weight is 274 g/mol. The molecule has 0 spiro atoms. The summed E-state index contributed by atoms with van der Waals surface area (Å²) >= 11 is 0. The van der Waals surface area contributed by atoms with Gasteiger partial charge in [0.05, 0.1) is 6.10 Å². The van der Waals surface area contributed by atoms with Gasteiger partial charge in [0, 0.05) is 0 Å².